The van der Waals surface area contributed by atoms with E-state index in [1.807, 2.05) is 7.05 Å². The van der Waals surface area contributed by atoms with E-state index >= 15 is 0 Å². The highest BCUT2D eigenvalue weighted by Crippen LogP contribution is 2.18. The highest BCUT2D eigenvalue weighted by atomic mass is 16.5. The number of methoxy groups -OCH3 is 1. The van der Waals surface area contributed by atoms with E-state index in [1.165, 1.54) is 7.11 Å². The van der Waals surface area contributed by atoms with Gasteiger partial charge < -0.3 is 15.0 Å². The first-order valence-corrected chi connectivity index (χ1v) is 6.78. The van der Waals surface area contributed by atoms with Crippen LogP contribution < -0.4 is 5.32 Å². The summed E-state index contributed by atoms with van der Waals surface area (Å²) in [6, 6.07) is 6.73. The molecule has 108 valence electrons. The van der Waals surface area contributed by atoms with Gasteiger partial charge in [-0.1, -0.05) is 0 Å². The highest BCUT2D eigenvalue weighted by molar-refractivity contribution is 5.94. The number of anilines is 1. The van der Waals surface area contributed by atoms with E-state index in [2.05, 4.69) is 15.0 Å². The summed E-state index contributed by atoms with van der Waals surface area (Å²) in [5.74, 6) is -0.298. The number of hydrogen-bond donors (Lipinski definition) is 1. The van der Waals surface area contributed by atoms with Crippen molar-refractivity contribution in [3.8, 4) is 0 Å². The molecule has 5 heteroatoms. The number of esters is 1. The van der Waals surface area contributed by atoms with Crippen LogP contribution in [-0.4, -0.2) is 44.0 Å². The molecule has 20 heavy (non-hydrogen) atoms. The van der Waals surface area contributed by atoms with Crippen LogP contribution in [0.2, 0.25) is 0 Å². The molecule has 0 bridgehead atoms. The molecule has 0 aromatic heterocycles. The number of benzene rings is 1. The number of carbonyl (C=O) groups is 2. The van der Waals surface area contributed by atoms with Gasteiger partial charge in [0, 0.05) is 12.2 Å². The van der Waals surface area contributed by atoms with Gasteiger partial charge in [0.2, 0.25) is 5.91 Å². The molecule has 1 atom stereocenters. The lowest BCUT2D eigenvalue weighted by Crippen LogP contribution is -2.38. The smallest absolute Gasteiger partial charge is 0.337 e. The Balaban J connectivity index is 1.95. The van der Waals surface area contributed by atoms with E-state index in [0.717, 1.165) is 25.9 Å². The van der Waals surface area contributed by atoms with E-state index in [0.29, 0.717) is 11.3 Å². The maximum atomic E-state index is 12.2. The van der Waals surface area contributed by atoms with Gasteiger partial charge in [-0.05, 0) is 50.7 Å². The first-order chi connectivity index (χ1) is 9.60. The monoisotopic (exact) mass is 276 g/mol. The summed E-state index contributed by atoms with van der Waals surface area (Å²) < 4.78 is 4.63. The molecule has 2 rings (SSSR count). The zero-order chi connectivity index (χ0) is 14.5. The van der Waals surface area contributed by atoms with Crippen LogP contribution in [-0.2, 0) is 9.53 Å². The van der Waals surface area contributed by atoms with Crippen LogP contribution in [0.1, 0.15) is 23.2 Å². The highest BCUT2D eigenvalue weighted by Gasteiger charge is 2.23. The lowest BCUT2D eigenvalue weighted by atomic mass is 9.97. The number of carbonyl (C=O) groups excluding carboxylic acids is 2. The molecule has 1 heterocycles. The Hall–Kier alpha value is -1.88. The molecule has 1 fully saturated rings. The fourth-order valence-corrected chi connectivity index (χ4v) is 2.43. The average molecular weight is 276 g/mol. The van der Waals surface area contributed by atoms with Crippen molar-refractivity contribution in [2.45, 2.75) is 12.8 Å². The van der Waals surface area contributed by atoms with Gasteiger partial charge in [0.05, 0.1) is 18.6 Å². The second kappa shape index (κ2) is 6.52. The first kappa shape index (κ1) is 14.5. The molecular weight excluding hydrogens is 256 g/mol. The summed E-state index contributed by atoms with van der Waals surface area (Å²) in [7, 11) is 3.38. The molecule has 1 saturated heterocycles. The quantitative estimate of drug-likeness (QED) is 0.855. The molecule has 0 radical (unpaired) electrons. The Morgan fingerprint density at radius 3 is 2.60 bits per heavy atom. The third-order valence-corrected chi connectivity index (χ3v) is 3.57. The van der Waals surface area contributed by atoms with Crippen LogP contribution in [0.3, 0.4) is 0 Å². The molecule has 1 amide bonds. The minimum atomic E-state index is -0.378. The van der Waals surface area contributed by atoms with Crippen molar-refractivity contribution in [2.75, 3.05) is 32.6 Å². The summed E-state index contributed by atoms with van der Waals surface area (Å²) >= 11 is 0. The van der Waals surface area contributed by atoms with E-state index in [4.69, 9.17) is 0 Å². The molecule has 0 unspecified atom stereocenters. The van der Waals surface area contributed by atoms with Crippen molar-refractivity contribution in [1.82, 2.24) is 4.90 Å². The summed E-state index contributed by atoms with van der Waals surface area (Å²) in [5, 5.41) is 2.90. The molecule has 1 N–H and O–H groups in total. The van der Waals surface area contributed by atoms with Crippen molar-refractivity contribution in [1.29, 1.82) is 0 Å². The fourth-order valence-electron chi connectivity index (χ4n) is 2.43. The lowest BCUT2D eigenvalue weighted by Gasteiger charge is -2.28. The molecule has 1 aliphatic rings. The fraction of sp³-hybridized carbons (Fsp3) is 0.467. The van der Waals surface area contributed by atoms with Crippen molar-refractivity contribution in [3.63, 3.8) is 0 Å². The van der Waals surface area contributed by atoms with Gasteiger partial charge in [0.25, 0.3) is 0 Å². The van der Waals surface area contributed by atoms with Crippen molar-refractivity contribution >= 4 is 17.6 Å². The minimum Gasteiger partial charge on any atom is -0.465 e. The summed E-state index contributed by atoms with van der Waals surface area (Å²) in [6.45, 7) is 1.85. The van der Waals surface area contributed by atoms with Crippen LogP contribution in [0, 0.1) is 5.92 Å². The molecule has 1 aromatic carbocycles. The Morgan fingerprint density at radius 2 is 2.00 bits per heavy atom. The van der Waals surface area contributed by atoms with Gasteiger partial charge in [-0.2, -0.15) is 0 Å². The van der Waals surface area contributed by atoms with Crippen LogP contribution in [0.4, 0.5) is 5.69 Å². The van der Waals surface area contributed by atoms with Gasteiger partial charge in [-0.25, -0.2) is 4.79 Å². The van der Waals surface area contributed by atoms with Gasteiger partial charge in [-0.3, -0.25) is 4.79 Å². The zero-order valence-electron chi connectivity index (χ0n) is 11.9. The first-order valence-electron chi connectivity index (χ1n) is 6.78. The predicted octanol–water partition coefficient (Wildman–Crippen LogP) is 1.75. The normalized spacial score (nSPS) is 19.4. The minimum absolute atomic E-state index is 0.0361. The van der Waals surface area contributed by atoms with Gasteiger partial charge >= 0.3 is 5.97 Å². The van der Waals surface area contributed by atoms with Crippen LogP contribution in [0.25, 0.3) is 0 Å². The van der Waals surface area contributed by atoms with E-state index in [9.17, 15) is 9.59 Å². The largest absolute Gasteiger partial charge is 0.465 e. The number of rotatable bonds is 3. The third-order valence-electron chi connectivity index (χ3n) is 3.57. The average Bonchev–Trinajstić information content (AvgIpc) is 2.47. The second-order valence-corrected chi connectivity index (χ2v) is 5.16. The molecular formula is C15H20N2O3. The number of nitrogens with one attached hydrogen (secondary N) is 1. The van der Waals surface area contributed by atoms with Crippen molar-refractivity contribution in [2.24, 2.45) is 5.92 Å². The standard InChI is InChI=1S/C15H20N2O3/c1-17-9-3-4-12(10-17)14(18)16-13-7-5-11(6-8-13)15(19)20-2/h5-8,12H,3-4,9-10H2,1-2H3,(H,16,18)/t12-/m1/s1. The van der Waals surface area contributed by atoms with E-state index < -0.39 is 0 Å². The Bertz CT molecular complexity index is 484. The Labute approximate surface area is 118 Å². The SMILES string of the molecule is COC(=O)c1ccc(NC(=O)[C@@H]2CCCN(C)C2)cc1. The summed E-state index contributed by atoms with van der Waals surface area (Å²) in [4.78, 5) is 25.6. The number of hydrogen-bond acceptors (Lipinski definition) is 4. The molecule has 1 aliphatic heterocycles. The van der Waals surface area contributed by atoms with Crippen molar-refractivity contribution in [3.05, 3.63) is 29.8 Å². The number of likely N-dealkylation sites (tertiary alicyclic amines) is 1. The molecule has 0 saturated carbocycles. The second-order valence-electron chi connectivity index (χ2n) is 5.16. The topological polar surface area (TPSA) is 58.6 Å². The number of amides is 1. The molecule has 5 nitrogen and oxygen atoms in total. The summed E-state index contributed by atoms with van der Waals surface area (Å²) in [6.07, 6.45) is 1.98. The van der Waals surface area contributed by atoms with E-state index in [1.54, 1.807) is 24.3 Å². The van der Waals surface area contributed by atoms with Gasteiger partial charge in [0.15, 0.2) is 0 Å². The molecule has 0 spiro atoms. The van der Waals surface area contributed by atoms with E-state index in [-0.39, 0.29) is 17.8 Å². The molecule has 0 aliphatic carbocycles. The van der Waals surface area contributed by atoms with Crippen LogP contribution in [0.5, 0.6) is 0 Å². The third kappa shape index (κ3) is 3.57. The number of ether oxygens (including phenoxy) is 1. The Kier molecular flexibility index (Phi) is 4.74. The Morgan fingerprint density at radius 1 is 1.30 bits per heavy atom. The maximum Gasteiger partial charge on any atom is 0.337 e. The maximum absolute atomic E-state index is 12.2. The molecule has 1 aromatic rings. The number of nitrogens with zero attached hydrogens (tertiary/aromatic N) is 1. The van der Waals surface area contributed by atoms with Gasteiger partial charge in [-0.15, -0.1) is 0 Å². The van der Waals surface area contributed by atoms with Crippen molar-refractivity contribution < 1.29 is 14.3 Å². The zero-order valence-corrected chi connectivity index (χ0v) is 11.9. The number of piperidine rings is 1. The summed E-state index contributed by atoms with van der Waals surface area (Å²) in [5.41, 5.74) is 1.18. The van der Waals surface area contributed by atoms with Crippen LogP contribution in [0.15, 0.2) is 24.3 Å². The van der Waals surface area contributed by atoms with Crippen LogP contribution >= 0.6 is 0 Å². The predicted molar refractivity (Wildman–Crippen MR) is 76.6 cm³/mol. The van der Waals surface area contributed by atoms with Gasteiger partial charge in [0.1, 0.15) is 0 Å². The lowest BCUT2D eigenvalue weighted by molar-refractivity contribution is -0.121.